The maximum Gasteiger partial charge on any atom is 0.143 e. The minimum Gasteiger partial charge on any atom is -0.497 e. The molecule has 6 rings (SSSR count). The van der Waals surface area contributed by atoms with Gasteiger partial charge in [0.15, 0.2) is 0 Å². The highest BCUT2D eigenvalue weighted by Gasteiger charge is 2.38. The number of methoxy groups -OCH3 is 4. The summed E-state index contributed by atoms with van der Waals surface area (Å²) in [5.74, 6) is 3.35. The van der Waals surface area contributed by atoms with Gasteiger partial charge in [0.05, 0.1) is 28.4 Å². The molecule has 0 aliphatic carbocycles. The molecule has 8 heteroatoms. The van der Waals surface area contributed by atoms with Crippen LogP contribution in [-0.2, 0) is 15.8 Å². The summed E-state index contributed by atoms with van der Waals surface area (Å²) in [6, 6.07) is 53.7. The molecule has 0 aliphatic rings. The average molecular weight is 873 g/mol. The molecule has 8 nitrogen and oxygen atoms in total. The van der Waals surface area contributed by atoms with Crippen molar-refractivity contribution in [2.75, 3.05) is 54.9 Å². The normalized spacial score (nSPS) is 10.9. The fourth-order valence-corrected chi connectivity index (χ4v) is 7.56. The molecular weight excluding hydrogens is 801 g/mol. The van der Waals surface area contributed by atoms with Crippen LogP contribution >= 0.6 is 0 Å². The Kier molecular flexibility index (Phi) is 23.8. The molecule has 0 fully saturated rings. The molecule has 6 aromatic rings. The zero-order valence-corrected chi connectivity index (χ0v) is 37.9. The lowest BCUT2D eigenvalue weighted by atomic mass is 9.71. The van der Waals surface area contributed by atoms with Gasteiger partial charge in [-0.1, -0.05) is 142 Å². The van der Waals surface area contributed by atoms with Gasteiger partial charge in [-0.25, -0.2) is 0 Å². The van der Waals surface area contributed by atoms with E-state index in [-0.39, 0.29) is 32.7 Å². The summed E-state index contributed by atoms with van der Waals surface area (Å²) >= 11 is 0. The SMILES string of the molecule is C.COc1ccc(C(C)(c2ccccc2)c2ccc(OC)cc2)cc1.COc1ccc(C(OCCCCCCO)(c2ccccc2)c2ccc(OC)cc2)cc1.OCCCCCCO. The van der Waals surface area contributed by atoms with Gasteiger partial charge in [0, 0.05) is 31.8 Å². The van der Waals surface area contributed by atoms with Crippen LogP contribution in [0.3, 0.4) is 0 Å². The molecule has 0 saturated heterocycles. The van der Waals surface area contributed by atoms with E-state index in [9.17, 15) is 0 Å². The number of ether oxygens (including phenoxy) is 5. The molecule has 3 N–H and O–H groups in total. The summed E-state index contributed by atoms with van der Waals surface area (Å²) in [6.07, 6.45) is 7.62. The van der Waals surface area contributed by atoms with Gasteiger partial charge >= 0.3 is 0 Å². The fourth-order valence-electron chi connectivity index (χ4n) is 7.56. The largest absolute Gasteiger partial charge is 0.497 e. The van der Waals surface area contributed by atoms with E-state index in [4.69, 9.17) is 39.0 Å². The topological polar surface area (TPSA) is 107 Å². The molecule has 0 unspecified atom stereocenters. The second-order valence-electron chi connectivity index (χ2n) is 15.3. The van der Waals surface area contributed by atoms with E-state index in [1.54, 1.807) is 28.4 Å². The van der Waals surface area contributed by atoms with Gasteiger partial charge in [0.1, 0.15) is 28.6 Å². The zero-order valence-electron chi connectivity index (χ0n) is 37.9. The lowest BCUT2D eigenvalue weighted by Crippen LogP contribution is -2.33. The highest BCUT2D eigenvalue weighted by Crippen LogP contribution is 2.42. The van der Waals surface area contributed by atoms with Crippen LogP contribution in [0, 0.1) is 0 Å². The van der Waals surface area contributed by atoms with E-state index in [1.165, 1.54) is 16.7 Å². The number of benzene rings is 6. The third kappa shape index (κ3) is 14.7. The Morgan fingerprint density at radius 1 is 0.344 bits per heavy atom. The summed E-state index contributed by atoms with van der Waals surface area (Å²) in [5.41, 5.74) is 5.84. The third-order valence-electron chi connectivity index (χ3n) is 11.3. The van der Waals surface area contributed by atoms with Gasteiger partial charge in [-0.2, -0.15) is 0 Å². The van der Waals surface area contributed by atoms with Crippen LogP contribution in [0.15, 0.2) is 158 Å². The van der Waals surface area contributed by atoms with Crippen molar-refractivity contribution < 1.29 is 39.0 Å². The smallest absolute Gasteiger partial charge is 0.143 e. The molecular formula is C56H72O8. The first-order valence-electron chi connectivity index (χ1n) is 22.0. The van der Waals surface area contributed by atoms with Gasteiger partial charge in [0.25, 0.3) is 0 Å². The lowest BCUT2D eigenvalue weighted by molar-refractivity contribution is 0.0105. The van der Waals surface area contributed by atoms with Crippen LogP contribution in [-0.4, -0.2) is 70.2 Å². The second-order valence-corrected chi connectivity index (χ2v) is 15.3. The quantitative estimate of drug-likeness (QED) is 0.0457. The van der Waals surface area contributed by atoms with Gasteiger partial charge in [-0.05, 0) is 115 Å². The molecule has 344 valence electrons. The Balaban J connectivity index is 0.000000293. The molecule has 6 aromatic carbocycles. The van der Waals surface area contributed by atoms with Crippen LogP contribution in [0.1, 0.15) is 99.1 Å². The van der Waals surface area contributed by atoms with E-state index >= 15 is 0 Å². The van der Waals surface area contributed by atoms with Crippen LogP contribution in [0.5, 0.6) is 23.0 Å². The van der Waals surface area contributed by atoms with E-state index in [0.29, 0.717) is 6.61 Å². The van der Waals surface area contributed by atoms with Crippen LogP contribution in [0.2, 0.25) is 0 Å². The average Bonchev–Trinajstić information content (AvgIpc) is 3.36. The number of hydrogen-bond acceptors (Lipinski definition) is 8. The molecule has 0 spiro atoms. The van der Waals surface area contributed by atoms with Crippen molar-refractivity contribution in [1.29, 1.82) is 0 Å². The molecule has 0 heterocycles. The van der Waals surface area contributed by atoms with Crippen LogP contribution in [0.25, 0.3) is 0 Å². The highest BCUT2D eigenvalue weighted by atomic mass is 16.5. The first-order valence-corrected chi connectivity index (χ1v) is 22.0. The van der Waals surface area contributed by atoms with Crippen molar-refractivity contribution in [2.45, 2.75) is 76.7 Å². The van der Waals surface area contributed by atoms with E-state index in [1.807, 2.05) is 72.8 Å². The van der Waals surface area contributed by atoms with Crippen molar-refractivity contribution in [1.82, 2.24) is 0 Å². The molecule has 0 atom stereocenters. The van der Waals surface area contributed by atoms with Crippen molar-refractivity contribution in [3.05, 3.63) is 191 Å². The maximum atomic E-state index is 9.03. The molecule has 0 bridgehead atoms. The van der Waals surface area contributed by atoms with Gasteiger partial charge < -0.3 is 39.0 Å². The molecule has 0 radical (unpaired) electrons. The first-order chi connectivity index (χ1) is 30.8. The Labute approximate surface area is 383 Å². The molecule has 0 aromatic heterocycles. The van der Waals surface area contributed by atoms with Gasteiger partial charge in [-0.15, -0.1) is 0 Å². The van der Waals surface area contributed by atoms with Crippen LogP contribution in [0.4, 0.5) is 0 Å². The third-order valence-corrected chi connectivity index (χ3v) is 11.3. The molecule has 0 saturated carbocycles. The Bertz CT molecular complexity index is 1970. The van der Waals surface area contributed by atoms with Crippen molar-refractivity contribution in [2.24, 2.45) is 0 Å². The summed E-state index contributed by atoms with van der Waals surface area (Å²) < 4.78 is 28.1. The summed E-state index contributed by atoms with van der Waals surface area (Å²) in [4.78, 5) is 0. The molecule has 0 aliphatic heterocycles. The number of rotatable bonds is 22. The predicted octanol–water partition coefficient (Wildman–Crippen LogP) is 11.8. The van der Waals surface area contributed by atoms with Crippen molar-refractivity contribution in [3.63, 3.8) is 0 Å². The van der Waals surface area contributed by atoms with Gasteiger partial charge in [0.2, 0.25) is 0 Å². The minimum absolute atomic E-state index is 0. The number of aliphatic hydroxyl groups is 3. The second kappa shape index (κ2) is 28.9. The van der Waals surface area contributed by atoms with E-state index in [2.05, 4.69) is 91.9 Å². The predicted molar refractivity (Wildman–Crippen MR) is 261 cm³/mol. The summed E-state index contributed by atoms with van der Waals surface area (Å²) in [6.45, 7) is 3.67. The Morgan fingerprint density at radius 3 is 0.922 bits per heavy atom. The molecule has 0 amide bonds. The Morgan fingerprint density at radius 2 is 0.609 bits per heavy atom. The van der Waals surface area contributed by atoms with E-state index < -0.39 is 5.60 Å². The standard InChI is InChI=1S/C27H32O4.C22H22O2.C6H14O2.CH4/c1-29-25-16-12-23(13-17-25)27(22-10-6-5-7-11-22,31-21-9-4-3-8-20-28)24-14-18-26(30-2)19-15-24;1-22(17-7-5-4-6-8-17,18-9-13-20(23-2)14-10-18)19-11-15-21(24-3)16-12-19;7-5-3-1-2-4-6-8;/h5-7,10-19,28H,3-4,8-9,20-21H2,1-2H3;4-16H,1-3H3;7-8H,1-6H2;1H4. The first kappa shape index (κ1) is 52.7. The number of hydrogen-bond donors (Lipinski definition) is 3. The molecule has 64 heavy (non-hydrogen) atoms. The summed E-state index contributed by atoms with van der Waals surface area (Å²) in [5, 5.41) is 25.6. The highest BCUT2D eigenvalue weighted by molar-refractivity contribution is 5.52. The van der Waals surface area contributed by atoms with Crippen molar-refractivity contribution in [3.8, 4) is 23.0 Å². The lowest BCUT2D eigenvalue weighted by Gasteiger charge is -2.36. The summed E-state index contributed by atoms with van der Waals surface area (Å²) in [7, 11) is 6.72. The minimum atomic E-state index is -0.753. The maximum absolute atomic E-state index is 9.03. The number of unbranched alkanes of at least 4 members (excludes halogenated alkanes) is 6. The van der Waals surface area contributed by atoms with Gasteiger partial charge in [-0.3, -0.25) is 0 Å². The number of aliphatic hydroxyl groups excluding tert-OH is 3. The van der Waals surface area contributed by atoms with E-state index in [0.717, 1.165) is 91.1 Å². The fraction of sp³-hybridized carbons (Fsp3) is 0.357. The zero-order chi connectivity index (χ0) is 45.2. The Hall–Kier alpha value is -5.64. The monoisotopic (exact) mass is 873 g/mol. The van der Waals surface area contributed by atoms with Crippen molar-refractivity contribution >= 4 is 0 Å². The van der Waals surface area contributed by atoms with Crippen LogP contribution < -0.4 is 18.9 Å².